The summed E-state index contributed by atoms with van der Waals surface area (Å²) < 4.78 is 0. The van der Waals surface area contributed by atoms with Crippen LogP contribution in [-0.2, 0) is 18.5 Å². The van der Waals surface area contributed by atoms with Crippen LogP contribution in [0.4, 0.5) is 11.4 Å². The van der Waals surface area contributed by atoms with E-state index < -0.39 is 22.0 Å². The van der Waals surface area contributed by atoms with Gasteiger partial charge in [0.2, 0.25) is 5.43 Å². The predicted molar refractivity (Wildman–Crippen MR) is 165 cm³/mol. The summed E-state index contributed by atoms with van der Waals surface area (Å²) in [7, 11) is 0. The van der Waals surface area contributed by atoms with Crippen molar-refractivity contribution in [1.82, 2.24) is 0 Å². The van der Waals surface area contributed by atoms with Crippen LogP contribution >= 0.6 is 0 Å². The molecule has 0 aliphatic carbocycles. The molecule has 1 aliphatic heterocycles. The third-order valence-electron chi connectivity index (χ3n) is 8.11. The van der Waals surface area contributed by atoms with Crippen LogP contribution < -0.4 is 20.7 Å². The van der Waals surface area contributed by atoms with Crippen molar-refractivity contribution < 1.29 is 5.11 Å². The van der Waals surface area contributed by atoms with E-state index in [0.717, 1.165) is 56.0 Å². The van der Waals surface area contributed by atoms with Gasteiger partial charge in [-0.1, -0.05) is 101 Å². The molecule has 1 aliphatic rings. The Labute approximate surface area is 236 Å². The number of benzene rings is 3. The van der Waals surface area contributed by atoms with Gasteiger partial charge in [0.25, 0.3) is 5.43 Å². The maximum absolute atomic E-state index is 12.3. The van der Waals surface area contributed by atoms with Crippen molar-refractivity contribution in [3.63, 3.8) is 0 Å². The minimum absolute atomic E-state index is 0.120. The molecule has 206 valence electrons. The fraction of sp³-hybridized carbons (Fsp3) is 0.314. The lowest BCUT2D eigenvalue weighted by Gasteiger charge is -2.28. The van der Waals surface area contributed by atoms with E-state index >= 15 is 0 Å². The van der Waals surface area contributed by atoms with Crippen LogP contribution in [0.1, 0.15) is 68.7 Å². The van der Waals surface area contributed by atoms with E-state index in [1.807, 2.05) is 12.1 Å². The van der Waals surface area contributed by atoms with Gasteiger partial charge in [-0.15, -0.1) is 0 Å². The average Bonchev–Trinajstić information content (AvgIpc) is 3.19. The highest BCUT2D eigenvalue weighted by atomic mass is 16.3. The predicted octanol–water partition coefficient (Wildman–Crippen LogP) is 6.91. The van der Waals surface area contributed by atoms with E-state index in [4.69, 9.17) is 0 Å². The minimum Gasteiger partial charge on any atom is -0.504 e. The van der Waals surface area contributed by atoms with Gasteiger partial charge in [0, 0.05) is 42.1 Å². The first-order valence-corrected chi connectivity index (χ1v) is 14.3. The maximum atomic E-state index is 12.3. The number of hydrogen-bond donors (Lipinski definition) is 1. The van der Waals surface area contributed by atoms with Crippen molar-refractivity contribution in [2.75, 3.05) is 16.3 Å². The molecule has 4 aromatic rings. The Hall–Kier alpha value is -4.12. The smallest absolute Gasteiger partial charge is 0.268 e. The van der Waals surface area contributed by atoms with Gasteiger partial charge < -0.3 is 14.9 Å². The van der Waals surface area contributed by atoms with Crippen molar-refractivity contribution in [3.05, 3.63) is 127 Å². The molecule has 0 bridgehead atoms. The summed E-state index contributed by atoms with van der Waals surface area (Å²) in [6, 6.07) is 27.7. The Morgan fingerprint density at radius 2 is 1.45 bits per heavy atom. The van der Waals surface area contributed by atoms with Gasteiger partial charge in [-0.25, -0.2) is 0 Å². The maximum Gasteiger partial charge on any atom is 0.268 e. The molecular weight excluding hydrogens is 496 g/mol. The number of rotatable bonds is 11. The quantitative estimate of drug-likeness (QED) is 0.167. The number of aromatic hydroxyl groups is 1. The third kappa shape index (κ3) is 5.33. The molecule has 5 nitrogen and oxygen atoms in total. The Kier molecular flexibility index (Phi) is 7.92. The summed E-state index contributed by atoms with van der Waals surface area (Å²) in [4.78, 5) is 28.7. The summed E-state index contributed by atoms with van der Waals surface area (Å²) in [5.41, 5.74) is 5.14. The summed E-state index contributed by atoms with van der Waals surface area (Å²) >= 11 is 0. The number of unbranched alkanes of at least 4 members (excludes halogenated alkanes) is 3. The average molecular weight is 535 g/mol. The molecule has 0 saturated heterocycles. The monoisotopic (exact) mass is 534 g/mol. The molecule has 0 saturated carbocycles. The molecule has 0 radical (unpaired) electrons. The highest BCUT2D eigenvalue weighted by Crippen LogP contribution is 2.50. The molecule has 0 spiro atoms. The van der Waals surface area contributed by atoms with Crippen molar-refractivity contribution in [2.45, 2.75) is 65.0 Å². The van der Waals surface area contributed by atoms with Gasteiger partial charge in [0.05, 0.1) is 5.56 Å². The zero-order valence-electron chi connectivity index (χ0n) is 23.7. The van der Waals surface area contributed by atoms with Gasteiger partial charge in [-0.05, 0) is 47.4 Å². The first kappa shape index (κ1) is 27.4. The Balaban J connectivity index is 1.55. The van der Waals surface area contributed by atoms with Crippen LogP contribution in [0.15, 0.2) is 94.1 Å². The number of allylic oxidation sites excluding steroid dienone is 1. The van der Waals surface area contributed by atoms with Gasteiger partial charge in [0.15, 0.2) is 5.75 Å². The van der Waals surface area contributed by atoms with Gasteiger partial charge in [0.1, 0.15) is 0 Å². The van der Waals surface area contributed by atoms with Crippen LogP contribution in [0.2, 0.25) is 0 Å². The fourth-order valence-corrected chi connectivity index (χ4v) is 5.77. The van der Waals surface area contributed by atoms with E-state index in [1.54, 1.807) is 6.08 Å². The van der Waals surface area contributed by atoms with Crippen LogP contribution in [-0.4, -0.2) is 11.7 Å². The molecule has 1 N–H and O–H groups in total. The highest BCUT2D eigenvalue weighted by Gasteiger charge is 2.41. The summed E-state index contributed by atoms with van der Waals surface area (Å²) in [6.07, 6.45) is 6.22. The number of anilines is 2. The minimum atomic E-state index is -0.797. The second kappa shape index (κ2) is 11.5. The molecule has 40 heavy (non-hydrogen) atoms. The molecule has 0 unspecified atom stereocenters. The fourth-order valence-electron chi connectivity index (χ4n) is 5.77. The summed E-state index contributed by atoms with van der Waals surface area (Å²) in [5.74, 6) is -0.423. The van der Waals surface area contributed by atoms with E-state index in [-0.39, 0.29) is 5.56 Å². The van der Waals surface area contributed by atoms with Crippen LogP contribution in [0, 0.1) is 0 Å². The Bertz CT molecular complexity index is 1520. The lowest BCUT2D eigenvalue weighted by Crippen LogP contribution is -2.34. The van der Waals surface area contributed by atoms with Crippen molar-refractivity contribution in [1.29, 1.82) is 0 Å². The SMILES string of the molecule is CCCCCCN1/C(=C/c2c(O)c(=O)c2=O)C(C)(C)c2cc(N(Cc3ccccc3)Cc3ccccc3)ccc21. The number of nitrogens with zero attached hydrogens (tertiary/aromatic N) is 2. The van der Waals surface area contributed by atoms with Crippen LogP contribution in [0.25, 0.3) is 6.08 Å². The molecular formula is C35H38N2O3. The second-order valence-corrected chi connectivity index (χ2v) is 11.3. The first-order chi connectivity index (χ1) is 19.3. The van der Waals surface area contributed by atoms with Gasteiger partial charge >= 0.3 is 0 Å². The molecule has 0 fully saturated rings. The Morgan fingerprint density at radius 1 is 0.825 bits per heavy atom. The second-order valence-electron chi connectivity index (χ2n) is 11.3. The molecule has 1 heterocycles. The third-order valence-corrected chi connectivity index (χ3v) is 8.11. The van der Waals surface area contributed by atoms with Crippen LogP contribution in [0.5, 0.6) is 5.75 Å². The standard InChI is InChI=1S/C35H38N2O3/c1-4-5-6-13-20-37-30-19-18-27(21-29(30)35(2,3)31(37)22-28-32(38)34(40)33(28)39)36(23-25-14-9-7-10-15-25)24-26-16-11-8-12-17-26/h7-12,14-19,21-22,38H,4-6,13,20,23-24H2,1-3H3/b31-22+. The number of hydrogen-bond acceptors (Lipinski definition) is 5. The molecule has 0 atom stereocenters. The summed E-state index contributed by atoms with van der Waals surface area (Å²) in [6.45, 7) is 8.89. The van der Waals surface area contributed by atoms with E-state index in [2.05, 4.69) is 97.3 Å². The van der Waals surface area contributed by atoms with Crippen LogP contribution in [0.3, 0.4) is 0 Å². The van der Waals surface area contributed by atoms with E-state index in [9.17, 15) is 14.7 Å². The molecule has 0 amide bonds. The lowest BCUT2D eigenvalue weighted by atomic mass is 9.82. The van der Waals surface area contributed by atoms with Gasteiger partial charge in [-0.3, -0.25) is 9.59 Å². The number of fused-ring (bicyclic) bond motifs is 1. The largest absolute Gasteiger partial charge is 0.504 e. The van der Waals surface area contributed by atoms with E-state index in [1.165, 1.54) is 23.1 Å². The molecule has 5 rings (SSSR count). The topological polar surface area (TPSA) is 60.9 Å². The molecule has 5 heteroatoms. The lowest BCUT2D eigenvalue weighted by molar-refractivity contribution is 0.461. The highest BCUT2D eigenvalue weighted by molar-refractivity contribution is 5.79. The zero-order chi connectivity index (χ0) is 28.3. The first-order valence-electron chi connectivity index (χ1n) is 14.3. The molecule has 0 aromatic heterocycles. The zero-order valence-corrected chi connectivity index (χ0v) is 23.7. The van der Waals surface area contributed by atoms with Crippen molar-refractivity contribution in [3.8, 4) is 5.75 Å². The van der Waals surface area contributed by atoms with Crippen molar-refractivity contribution in [2.24, 2.45) is 0 Å². The Morgan fingerprint density at radius 3 is 2.02 bits per heavy atom. The van der Waals surface area contributed by atoms with Gasteiger partial charge in [-0.2, -0.15) is 0 Å². The van der Waals surface area contributed by atoms with E-state index in [0.29, 0.717) is 0 Å². The molecule has 4 aromatic carbocycles. The summed E-state index contributed by atoms with van der Waals surface area (Å²) in [5, 5.41) is 10.2. The van der Waals surface area contributed by atoms with Crippen molar-refractivity contribution >= 4 is 17.5 Å². The normalized spacial score (nSPS) is 15.1.